The number of amides is 1. The summed E-state index contributed by atoms with van der Waals surface area (Å²) < 4.78 is 7.19. The number of aliphatic imine (C=N–C) groups is 1. The Bertz CT molecular complexity index is 839. The quantitative estimate of drug-likeness (QED) is 0.474. The van der Waals surface area contributed by atoms with Gasteiger partial charge in [0.25, 0.3) is 0 Å². The highest BCUT2D eigenvalue weighted by Gasteiger charge is 2.24. The summed E-state index contributed by atoms with van der Waals surface area (Å²) in [6.07, 6.45) is 6.59. The Morgan fingerprint density at radius 1 is 1.20 bits per heavy atom. The minimum absolute atomic E-state index is 0.444. The van der Waals surface area contributed by atoms with Crippen LogP contribution in [0, 0.1) is 0 Å². The van der Waals surface area contributed by atoms with Gasteiger partial charge in [-0.25, -0.2) is 19.8 Å². The second kappa shape index (κ2) is 10.1. The molecule has 9 heteroatoms. The first-order valence-corrected chi connectivity index (χ1v) is 10.0. The van der Waals surface area contributed by atoms with Crippen molar-refractivity contribution in [3.05, 3.63) is 42.6 Å². The monoisotopic (exact) mass is 415 g/mol. The molecule has 0 aliphatic heterocycles. The summed E-state index contributed by atoms with van der Waals surface area (Å²) in [7, 11) is 0. The third-order valence-electron chi connectivity index (χ3n) is 3.88. The van der Waals surface area contributed by atoms with E-state index >= 15 is 0 Å². The van der Waals surface area contributed by atoms with Crippen molar-refractivity contribution < 1.29 is 9.53 Å². The smallest absolute Gasteiger partial charge is 0.408 e. The zero-order chi connectivity index (χ0) is 22.2. The Morgan fingerprint density at radius 3 is 2.60 bits per heavy atom. The molecule has 2 aromatic rings. The molecular formula is C21H33N7O2. The molecule has 0 aliphatic rings. The van der Waals surface area contributed by atoms with Gasteiger partial charge in [-0.2, -0.15) is 0 Å². The van der Waals surface area contributed by atoms with Crippen LogP contribution in [0.3, 0.4) is 0 Å². The van der Waals surface area contributed by atoms with E-state index in [2.05, 4.69) is 30.9 Å². The summed E-state index contributed by atoms with van der Waals surface area (Å²) in [5.74, 6) is 1.46. The Kier molecular flexibility index (Phi) is 7.79. The van der Waals surface area contributed by atoms with Gasteiger partial charge in [0.1, 0.15) is 17.7 Å². The van der Waals surface area contributed by atoms with Gasteiger partial charge in [0, 0.05) is 31.7 Å². The van der Waals surface area contributed by atoms with Gasteiger partial charge >= 0.3 is 6.09 Å². The highest BCUT2D eigenvalue weighted by atomic mass is 16.6. The number of nitrogens with zero attached hydrogens (tertiary/aromatic N) is 4. The van der Waals surface area contributed by atoms with E-state index in [1.807, 2.05) is 64.4 Å². The van der Waals surface area contributed by atoms with E-state index in [9.17, 15) is 4.79 Å². The van der Waals surface area contributed by atoms with E-state index in [1.165, 1.54) is 0 Å². The highest BCUT2D eigenvalue weighted by Crippen LogP contribution is 2.10. The van der Waals surface area contributed by atoms with Gasteiger partial charge in [-0.1, -0.05) is 0 Å². The van der Waals surface area contributed by atoms with Crippen LogP contribution in [0.2, 0.25) is 0 Å². The molecule has 2 rings (SSSR count). The molecule has 0 unspecified atom stereocenters. The van der Waals surface area contributed by atoms with E-state index in [-0.39, 0.29) is 0 Å². The molecule has 2 heterocycles. The Morgan fingerprint density at radius 2 is 1.97 bits per heavy atom. The van der Waals surface area contributed by atoms with Crippen LogP contribution in [-0.4, -0.2) is 50.8 Å². The summed E-state index contributed by atoms with van der Waals surface area (Å²) in [5.41, 5.74) is -0.0366. The van der Waals surface area contributed by atoms with Crippen LogP contribution in [0.5, 0.6) is 0 Å². The molecule has 0 saturated heterocycles. The van der Waals surface area contributed by atoms with E-state index in [1.54, 1.807) is 18.7 Å². The second-order valence-corrected chi connectivity index (χ2v) is 8.55. The summed E-state index contributed by atoms with van der Waals surface area (Å²) >= 11 is 0. The number of hydrogen-bond donors (Lipinski definition) is 3. The number of alkyl carbamates (subject to hydrolysis) is 1. The minimum atomic E-state index is -0.538. The van der Waals surface area contributed by atoms with Gasteiger partial charge in [-0.3, -0.25) is 4.57 Å². The maximum atomic E-state index is 12.1. The molecule has 0 aromatic carbocycles. The molecular weight excluding hydrogens is 382 g/mol. The molecule has 164 valence electrons. The maximum absolute atomic E-state index is 12.1. The van der Waals surface area contributed by atoms with E-state index in [0.29, 0.717) is 19.0 Å². The van der Waals surface area contributed by atoms with Crippen molar-refractivity contribution in [3.63, 3.8) is 0 Å². The minimum Gasteiger partial charge on any atom is -0.444 e. The molecule has 0 aliphatic carbocycles. The van der Waals surface area contributed by atoms with Gasteiger partial charge in [0.15, 0.2) is 5.96 Å². The first kappa shape index (κ1) is 23.2. The molecule has 9 nitrogen and oxygen atoms in total. The molecule has 1 amide bonds. The van der Waals surface area contributed by atoms with Gasteiger partial charge in [0.05, 0.1) is 12.1 Å². The van der Waals surface area contributed by atoms with Gasteiger partial charge in [0.2, 0.25) is 0 Å². The molecule has 30 heavy (non-hydrogen) atoms. The van der Waals surface area contributed by atoms with Crippen LogP contribution in [0.15, 0.2) is 42.0 Å². The SMILES string of the molecule is CCNC(=NCc1ccnc(-n2ccnc2)c1)NCC(C)(C)NC(=O)OC(C)(C)C. The summed E-state index contributed by atoms with van der Waals surface area (Å²) in [5, 5.41) is 9.39. The Balaban J connectivity index is 1.97. The lowest BCUT2D eigenvalue weighted by molar-refractivity contribution is 0.0474. The normalized spacial score (nSPS) is 12.4. The summed E-state index contributed by atoms with van der Waals surface area (Å²) in [4.78, 5) is 25.1. The van der Waals surface area contributed by atoms with E-state index in [4.69, 9.17) is 4.74 Å². The third kappa shape index (κ3) is 8.10. The number of hydrogen-bond acceptors (Lipinski definition) is 5. The Hall–Kier alpha value is -3.10. The second-order valence-electron chi connectivity index (χ2n) is 8.55. The first-order chi connectivity index (χ1) is 14.1. The Labute approximate surface area is 178 Å². The molecule has 0 bridgehead atoms. The predicted molar refractivity (Wildman–Crippen MR) is 118 cm³/mol. The summed E-state index contributed by atoms with van der Waals surface area (Å²) in [6.45, 7) is 13.1. The molecule has 0 fully saturated rings. The van der Waals surface area contributed by atoms with Crippen LogP contribution >= 0.6 is 0 Å². The molecule has 3 N–H and O–H groups in total. The van der Waals surface area contributed by atoms with Crippen LogP contribution < -0.4 is 16.0 Å². The zero-order valence-corrected chi connectivity index (χ0v) is 18.7. The number of ether oxygens (including phenoxy) is 1. The van der Waals surface area contributed by atoms with Crippen molar-refractivity contribution in [3.8, 4) is 5.82 Å². The predicted octanol–water partition coefficient (Wildman–Crippen LogP) is 2.63. The fourth-order valence-corrected chi connectivity index (χ4v) is 2.54. The zero-order valence-electron chi connectivity index (χ0n) is 18.7. The largest absolute Gasteiger partial charge is 0.444 e. The van der Waals surface area contributed by atoms with Crippen LogP contribution in [0.1, 0.15) is 47.1 Å². The van der Waals surface area contributed by atoms with Gasteiger partial charge in [-0.15, -0.1) is 0 Å². The van der Waals surface area contributed by atoms with Crippen LogP contribution in [-0.2, 0) is 11.3 Å². The number of carbonyl (C=O) groups is 1. The molecule has 0 radical (unpaired) electrons. The average Bonchev–Trinajstić information content (AvgIpc) is 3.17. The number of nitrogens with one attached hydrogen (secondary N) is 3. The topological polar surface area (TPSA) is 105 Å². The van der Waals surface area contributed by atoms with Gasteiger partial charge in [-0.05, 0) is 59.2 Å². The summed E-state index contributed by atoms with van der Waals surface area (Å²) in [6, 6.07) is 3.91. The van der Waals surface area contributed by atoms with Crippen molar-refractivity contribution in [1.29, 1.82) is 0 Å². The number of carbonyl (C=O) groups excluding carboxylic acids is 1. The molecule has 2 aromatic heterocycles. The standard InChI is InChI=1S/C21H33N7O2/c1-7-23-18(26-14-21(5,6)27-19(29)30-20(2,3)4)25-13-16-8-9-24-17(12-16)28-11-10-22-15-28/h8-12,15H,7,13-14H2,1-6H3,(H,27,29)(H2,23,25,26). The molecule has 0 spiro atoms. The number of guanidine groups is 1. The van der Waals surface area contributed by atoms with E-state index in [0.717, 1.165) is 17.9 Å². The first-order valence-electron chi connectivity index (χ1n) is 10.0. The molecule has 0 saturated carbocycles. The maximum Gasteiger partial charge on any atom is 0.408 e. The van der Waals surface area contributed by atoms with Crippen molar-refractivity contribution in [2.45, 2.75) is 59.2 Å². The van der Waals surface area contributed by atoms with E-state index < -0.39 is 17.2 Å². The lowest BCUT2D eigenvalue weighted by Crippen LogP contribution is -2.54. The number of aromatic nitrogens is 3. The average molecular weight is 416 g/mol. The molecule has 0 atom stereocenters. The third-order valence-corrected chi connectivity index (χ3v) is 3.88. The van der Waals surface area contributed by atoms with Crippen molar-refractivity contribution in [2.24, 2.45) is 4.99 Å². The van der Waals surface area contributed by atoms with Crippen LogP contribution in [0.25, 0.3) is 5.82 Å². The van der Waals surface area contributed by atoms with Gasteiger partial charge < -0.3 is 20.7 Å². The number of rotatable bonds is 7. The number of imidazole rings is 1. The van der Waals surface area contributed by atoms with Crippen molar-refractivity contribution in [1.82, 2.24) is 30.5 Å². The highest BCUT2D eigenvalue weighted by molar-refractivity contribution is 5.80. The lowest BCUT2D eigenvalue weighted by atomic mass is 10.1. The van der Waals surface area contributed by atoms with Crippen LogP contribution in [0.4, 0.5) is 4.79 Å². The lowest BCUT2D eigenvalue weighted by Gasteiger charge is -2.29. The van der Waals surface area contributed by atoms with Crippen molar-refractivity contribution in [2.75, 3.05) is 13.1 Å². The van der Waals surface area contributed by atoms with Crippen molar-refractivity contribution >= 4 is 12.1 Å². The fourth-order valence-electron chi connectivity index (χ4n) is 2.54. The fraction of sp³-hybridized carbons (Fsp3) is 0.524. The number of pyridine rings is 1.